The lowest BCUT2D eigenvalue weighted by Crippen LogP contribution is -2.36. The molecule has 0 spiro atoms. The van der Waals surface area contributed by atoms with E-state index in [-0.39, 0.29) is 0 Å². The van der Waals surface area contributed by atoms with E-state index in [0.717, 1.165) is 40.2 Å². The van der Waals surface area contributed by atoms with Crippen LogP contribution < -0.4 is 4.90 Å². The lowest BCUT2D eigenvalue weighted by atomic mass is 10.1. The molecule has 0 bridgehead atoms. The molecule has 0 N–H and O–H groups in total. The first-order chi connectivity index (χ1) is 17.2. The highest BCUT2D eigenvalue weighted by Gasteiger charge is 2.25. The third kappa shape index (κ3) is 3.72. The third-order valence-corrected chi connectivity index (χ3v) is 7.19. The number of methoxy groups -OCH3 is 1. The maximum absolute atomic E-state index is 12.9. The molecule has 1 aliphatic heterocycles. The van der Waals surface area contributed by atoms with Gasteiger partial charge in [0, 0.05) is 36.6 Å². The van der Waals surface area contributed by atoms with E-state index in [0.29, 0.717) is 40.7 Å². The van der Waals surface area contributed by atoms with Crippen molar-refractivity contribution in [2.24, 2.45) is 0 Å². The number of morpholine rings is 1. The maximum Gasteiger partial charge on any atom is 0.340 e. The number of nitrogens with zero attached hydrogens (tertiary/aromatic N) is 5. The van der Waals surface area contributed by atoms with Gasteiger partial charge in [-0.15, -0.1) is 11.3 Å². The van der Waals surface area contributed by atoms with Gasteiger partial charge in [0.2, 0.25) is 0 Å². The number of esters is 1. The zero-order valence-corrected chi connectivity index (χ0v) is 20.3. The van der Waals surface area contributed by atoms with Crippen molar-refractivity contribution in [3.8, 4) is 16.4 Å². The van der Waals surface area contributed by atoms with Crippen molar-refractivity contribution >= 4 is 56.5 Å². The molecule has 2 aromatic carbocycles. The molecule has 3 aromatic heterocycles. The molecule has 8 nitrogen and oxygen atoms in total. The summed E-state index contributed by atoms with van der Waals surface area (Å²) in [5, 5.41) is 1.44. The predicted octanol–water partition coefficient (Wildman–Crippen LogP) is 4.97. The van der Waals surface area contributed by atoms with Gasteiger partial charge >= 0.3 is 5.97 Å². The number of anilines is 1. The first kappa shape index (κ1) is 22.0. The number of fused-ring (bicyclic) bond motifs is 2. The minimum atomic E-state index is -0.437. The summed E-state index contributed by atoms with van der Waals surface area (Å²) in [5.74, 6) is 0.243. The number of benzene rings is 2. The summed E-state index contributed by atoms with van der Waals surface area (Å²) >= 11 is 7.97. The van der Waals surface area contributed by atoms with Gasteiger partial charge in [0.15, 0.2) is 5.82 Å². The molecule has 0 atom stereocenters. The first-order valence-electron chi connectivity index (χ1n) is 11.1. The number of hydrogen-bond acceptors (Lipinski definition) is 8. The van der Waals surface area contributed by atoms with Crippen LogP contribution in [0.15, 0.2) is 54.3 Å². The van der Waals surface area contributed by atoms with Crippen LogP contribution in [0.1, 0.15) is 10.4 Å². The van der Waals surface area contributed by atoms with Crippen molar-refractivity contribution in [2.75, 3.05) is 38.3 Å². The van der Waals surface area contributed by atoms with Gasteiger partial charge in [0.25, 0.3) is 0 Å². The average Bonchev–Trinajstić information content (AvgIpc) is 3.56. The fraction of sp³-hybridized carbons (Fsp3) is 0.200. The van der Waals surface area contributed by atoms with E-state index in [1.54, 1.807) is 17.9 Å². The van der Waals surface area contributed by atoms with E-state index < -0.39 is 5.97 Å². The molecule has 0 radical (unpaired) electrons. The molecule has 176 valence electrons. The minimum Gasteiger partial charge on any atom is -0.465 e. The second kappa shape index (κ2) is 8.92. The first-order valence-corrected chi connectivity index (χ1v) is 12.3. The smallest absolute Gasteiger partial charge is 0.340 e. The largest absolute Gasteiger partial charge is 0.465 e. The Bertz CT molecular complexity index is 1560. The van der Waals surface area contributed by atoms with Crippen molar-refractivity contribution in [1.82, 2.24) is 19.5 Å². The highest BCUT2D eigenvalue weighted by molar-refractivity contribution is 7.13. The maximum atomic E-state index is 12.9. The van der Waals surface area contributed by atoms with Crippen LogP contribution in [-0.4, -0.2) is 58.9 Å². The van der Waals surface area contributed by atoms with Crippen LogP contribution in [0, 0.1) is 0 Å². The summed E-state index contributed by atoms with van der Waals surface area (Å²) in [6.45, 7) is 2.72. The Morgan fingerprint density at radius 2 is 2.03 bits per heavy atom. The number of imidazole rings is 1. The Balaban J connectivity index is 1.72. The number of aromatic nitrogens is 4. The van der Waals surface area contributed by atoms with Crippen molar-refractivity contribution in [3.63, 3.8) is 0 Å². The van der Waals surface area contributed by atoms with Gasteiger partial charge in [0.1, 0.15) is 5.52 Å². The third-order valence-electron chi connectivity index (χ3n) is 6.12. The Kier molecular flexibility index (Phi) is 5.60. The number of halogens is 1. The van der Waals surface area contributed by atoms with Crippen molar-refractivity contribution < 1.29 is 14.3 Å². The van der Waals surface area contributed by atoms with Crippen molar-refractivity contribution in [3.05, 3.63) is 64.9 Å². The highest BCUT2D eigenvalue weighted by atomic mass is 35.5. The van der Waals surface area contributed by atoms with E-state index >= 15 is 0 Å². The van der Waals surface area contributed by atoms with E-state index in [1.807, 2.05) is 30.3 Å². The van der Waals surface area contributed by atoms with Crippen LogP contribution in [0.25, 0.3) is 38.3 Å². The Morgan fingerprint density at radius 1 is 1.17 bits per heavy atom. The van der Waals surface area contributed by atoms with Crippen LogP contribution in [-0.2, 0) is 9.47 Å². The fourth-order valence-corrected chi connectivity index (χ4v) is 5.31. The second-order valence-electron chi connectivity index (χ2n) is 8.05. The summed E-state index contributed by atoms with van der Waals surface area (Å²) in [5.41, 5.74) is 5.98. The fourth-order valence-electron chi connectivity index (χ4n) is 4.49. The number of hydrogen-bond donors (Lipinski definition) is 0. The summed E-state index contributed by atoms with van der Waals surface area (Å²) in [6, 6.07) is 11.6. The summed E-state index contributed by atoms with van der Waals surface area (Å²) in [6.07, 6.45) is 3.51. The number of rotatable bonds is 4. The predicted molar refractivity (Wildman–Crippen MR) is 137 cm³/mol. The summed E-state index contributed by atoms with van der Waals surface area (Å²) in [4.78, 5) is 29.7. The van der Waals surface area contributed by atoms with Crippen molar-refractivity contribution in [1.29, 1.82) is 0 Å². The van der Waals surface area contributed by atoms with Gasteiger partial charge in [-0.1, -0.05) is 23.7 Å². The number of para-hydroxylation sites is 1. The Hall–Kier alpha value is -3.53. The molecule has 6 rings (SSSR count). The normalized spacial score (nSPS) is 14.1. The molecule has 1 fully saturated rings. The van der Waals surface area contributed by atoms with Gasteiger partial charge < -0.3 is 14.4 Å². The average molecular weight is 506 g/mol. The molecular weight excluding hydrogens is 486 g/mol. The Labute approximate surface area is 209 Å². The lowest BCUT2D eigenvalue weighted by Gasteiger charge is -2.29. The number of pyridine rings is 1. The van der Waals surface area contributed by atoms with Gasteiger partial charge in [0.05, 0.1) is 58.0 Å². The quantitative estimate of drug-likeness (QED) is 0.319. The molecule has 0 unspecified atom stereocenters. The van der Waals surface area contributed by atoms with Crippen LogP contribution >= 0.6 is 22.9 Å². The monoisotopic (exact) mass is 505 g/mol. The summed E-state index contributed by atoms with van der Waals surface area (Å²) < 4.78 is 12.7. The van der Waals surface area contributed by atoms with E-state index in [2.05, 4.69) is 25.5 Å². The molecule has 4 heterocycles. The topological polar surface area (TPSA) is 82.4 Å². The number of carbonyl (C=O) groups is 1. The van der Waals surface area contributed by atoms with Crippen LogP contribution in [0.2, 0.25) is 5.02 Å². The summed E-state index contributed by atoms with van der Waals surface area (Å²) in [7, 11) is 1.38. The number of thiazole rings is 1. The lowest BCUT2D eigenvalue weighted by molar-refractivity contribution is 0.0603. The zero-order valence-electron chi connectivity index (χ0n) is 18.8. The molecule has 0 saturated carbocycles. The van der Waals surface area contributed by atoms with Crippen LogP contribution in [0.4, 0.5) is 5.69 Å². The van der Waals surface area contributed by atoms with E-state index in [4.69, 9.17) is 26.1 Å². The standard InChI is InChI=1S/C25H20ClN5O3S/c1-33-25(32)17-11-15(30-7-9-34-10-8-30)12-20-23(17)29-24(21-13-27-14-35-21)31(20)19-5-6-28-22-16(19)3-2-4-18(22)26/h2-6,11-14H,7-10H2,1H3. The molecule has 35 heavy (non-hydrogen) atoms. The van der Waals surface area contributed by atoms with E-state index in [1.165, 1.54) is 18.4 Å². The van der Waals surface area contributed by atoms with Gasteiger partial charge in [-0.3, -0.25) is 14.5 Å². The van der Waals surface area contributed by atoms with Crippen molar-refractivity contribution in [2.45, 2.75) is 0 Å². The molecule has 0 aliphatic carbocycles. The van der Waals surface area contributed by atoms with Crippen LogP contribution in [0.5, 0.6) is 0 Å². The van der Waals surface area contributed by atoms with Gasteiger partial charge in [-0.05, 0) is 24.3 Å². The number of carbonyl (C=O) groups excluding carboxylic acids is 1. The molecule has 5 aromatic rings. The zero-order chi connectivity index (χ0) is 23.9. The molecule has 1 aliphatic rings. The highest BCUT2D eigenvalue weighted by Crippen LogP contribution is 2.37. The van der Waals surface area contributed by atoms with Crippen LogP contribution in [0.3, 0.4) is 0 Å². The minimum absolute atomic E-state index is 0.410. The van der Waals surface area contributed by atoms with Gasteiger partial charge in [-0.25, -0.2) is 9.78 Å². The molecule has 10 heteroatoms. The molecule has 0 amide bonds. The molecular formula is C25H20ClN5O3S. The van der Waals surface area contributed by atoms with Gasteiger partial charge in [-0.2, -0.15) is 0 Å². The SMILES string of the molecule is COC(=O)c1cc(N2CCOCC2)cc2c1nc(-c1cncs1)n2-c1ccnc2c(Cl)cccc12. The van der Waals surface area contributed by atoms with E-state index in [9.17, 15) is 4.79 Å². The number of ether oxygens (including phenoxy) is 2. The molecule has 1 saturated heterocycles. The Morgan fingerprint density at radius 3 is 2.80 bits per heavy atom. The second-order valence-corrected chi connectivity index (χ2v) is 9.35.